The average molecular weight is 395 g/mol. The number of quaternary nitrogens is 1. The number of nitrogens with zero attached hydrogens (tertiary/aromatic N) is 1. The van der Waals surface area contributed by atoms with Crippen molar-refractivity contribution < 1.29 is 27.7 Å². The Morgan fingerprint density at radius 2 is 1.96 bits per heavy atom. The standard InChI is InChI=1S/C19H21F3N4O2/c1-25-8-2-4-14(25)15-5-3-9-26(15)11-17(28)23-10-16(27)24-13-7-6-12(20)18(21)19(13)22/h2,4,6-8,15H,3,5,9-11H2,1H3,(H,23,28)(H,24,27)/p+1/t15-/m0/s1. The number of rotatable bonds is 6. The Hall–Kier alpha value is -2.81. The Morgan fingerprint density at radius 1 is 1.18 bits per heavy atom. The van der Waals surface area contributed by atoms with Crippen molar-refractivity contribution in [2.75, 3.05) is 25.0 Å². The molecule has 2 aromatic rings. The van der Waals surface area contributed by atoms with Crippen molar-refractivity contribution in [3.8, 4) is 0 Å². The summed E-state index contributed by atoms with van der Waals surface area (Å²) in [6.45, 7) is 0.678. The lowest BCUT2D eigenvalue weighted by atomic mass is 10.1. The fraction of sp³-hybridized carbons (Fsp3) is 0.368. The molecule has 1 unspecified atom stereocenters. The summed E-state index contributed by atoms with van der Waals surface area (Å²) in [6, 6.07) is 5.86. The Labute approximate surface area is 160 Å². The van der Waals surface area contributed by atoms with Gasteiger partial charge in [0.25, 0.3) is 5.91 Å². The van der Waals surface area contributed by atoms with E-state index < -0.39 is 29.0 Å². The monoisotopic (exact) mass is 395 g/mol. The lowest BCUT2D eigenvalue weighted by Gasteiger charge is -2.21. The Morgan fingerprint density at radius 3 is 2.68 bits per heavy atom. The van der Waals surface area contributed by atoms with Crippen LogP contribution in [0.15, 0.2) is 30.5 Å². The molecule has 3 rings (SSSR count). The van der Waals surface area contributed by atoms with E-state index in [-0.39, 0.29) is 25.0 Å². The van der Waals surface area contributed by atoms with Gasteiger partial charge in [-0.2, -0.15) is 0 Å². The molecule has 2 amide bonds. The number of likely N-dealkylation sites (tertiary alicyclic amines) is 1. The number of amides is 2. The molecule has 0 saturated carbocycles. The van der Waals surface area contributed by atoms with Gasteiger partial charge in [-0.05, 0) is 24.3 Å². The number of aromatic nitrogens is 1. The molecule has 6 nitrogen and oxygen atoms in total. The number of aryl methyl sites for hydroxylation is 1. The van der Waals surface area contributed by atoms with Gasteiger partial charge >= 0.3 is 0 Å². The number of carbonyl (C=O) groups is 2. The molecular weight excluding hydrogens is 373 g/mol. The number of hydrogen-bond donors (Lipinski definition) is 3. The lowest BCUT2D eigenvalue weighted by Crippen LogP contribution is -3.11. The highest BCUT2D eigenvalue weighted by Crippen LogP contribution is 2.20. The second-order valence-corrected chi connectivity index (χ2v) is 6.87. The fourth-order valence-corrected chi connectivity index (χ4v) is 3.58. The third-order valence-electron chi connectivity index (χ3n) is 4.97. The Bertz CT molecular complexity index is 884. The molecule has 0 bridgehead atoms. The van der Waals surface area contributed by atoms with Crippen molar-refractivity contribution in [1.82, 2.24) is 9.88 Å². The maximum atomic E-state index is 13.6. The first-order valence-electron chi connectivity index (χ1n) is 9.02. The first kappa shape index (κ1) is 19.9. The number of carbonyl (C=O) groups excluding carboxylic acids is 2. The quantitative estimate of drug-likeness (QED) is 0.637. The van der Waals surface area contributed by atoms with Crippen LogP contribution < -0.4 is 15.5 Å². The third kappa shape index (κ3) is 4.36. The molecule has 0 radical (unpaired) electrons. The van der Waals surface area contributed by atoms with E-state index in [1.165, 1.54) is 0 Å². The summed E-state index contributed by atoms with van der Waals surface area (Å²) in [5.74, 6) is -5.52. The van der Waals surface area contributed by atoms with Gasteiger partial charge in [-0.25, -0.2) is 13.2 Å². The largest absolute Gasteiger partial charge is 0.350 e. The molecule has 1 aliphatic heterocycles. The third-order valence-corrected chi connectivity index (χ3v) is 4.97. The second kappa shape index (κ2) is 8.47. The molecular formula is C19H22F3N4O2+. The van der Waals surface area contributed by atoms with Crippen LogP contribution in [0.25, 0.3) is 0 Å². The van der Waals surface area contributed by atoms with Gasteiger partial charge < -0.3 is 20.1 Å². The van der Waals surface area contributed by atoms with Crippen LogP contribution in [0.4, 0.5) is 18.9 Å². The van der Waals surface area contributed by atoms with E-state index in [4.69, 9.17) is 0 Å². The average Bonchev–Trinajstić information content (AvgIpc) is 3.29. The summed E-state index contributed by atoms with van der Waals surface area (Å²) >= 11 is 0. The summed E-state index contributed by atoms with van der Waals surface area (Å²) in [6.07, 6.45) is 3.96. The highest BCUT2D eigenvalue weighted by Gasteiger charge is 2.33. The van der Waals surface area contributed by atoms with Gasteiger partial charge in [0.2, 0.25) is 5.91 Å². The van der Waals surface area contributed by atoms with Gasteiger partial charge in [-0.1, -0.05) is 0 Å². The van der Waals surface area contributed by atoms with Crippen LogP contribution in [-0.4, -0.2) is 36.0 Å². The predicted molar refractivity (Wildman–Crippen MR) is 96.0 cm³/mol. The van der Waals surface area contributed by atoms with E-state index in [1.807, 2.05) is 29.9 Å². The summed E-state index contributed by atoms with van der Waals surface area (Å²) < 4.78 is 41.7. The maximum absolute atomic E-state index is 13.6. The highest BCUT2D eigenvalue weighted by molar-refractivity contribution is 5.94. The van der Waals surface area contributed by atoms with Crippen LogP contribution in [0, 0.1) is 17.5 Å². The van der Waals surface area contributed by atoms with E-state index >= 15 is 0 Å². The van der Waals surface area contributed by atoms with Crippen molar-refractivity contribution in [2.45, 2.75) is 18.9 Å². The van der Waals surface area contributed by atoms with Gasteiger partial charge in [0.15, 0.2) is 24.0 Å². The van der Waals surface area contributed by atoms with Crippen molar-refractivity contribution in [1.29, 1.82) is 0 Å². The summed E-state index contributed by atoms with van der Waals surface area (Å²) in [4.78, 5) is 25.2. The molecule has 0 spiro atoms. The zero-order chi connectivity index (χ0) is 20.3. The van der Waals surface area contributed by atoms with Crippen molar-refractivity contribution in [2.24, 2.45) is 7.05 Å². The number of anilines is 1. The van der Waals surface area contributed by atoms with Crippen LogP contribution in [0.2, 0.25) is 0 Å². The van der Waals surface area contributed by atoms with Gasteiger partial charge in [0, 0.05) is 26.1 Å². The van der Waals surface area contributed by atoms with E-state index in [9.17, 15) is 22.8 Å². The zero-order valence-corrected chi connectivity index (χ0v) is 15.4. The van der Waals surface area contributed by atoms with Crippen LogP contribution in [0.3, 0.4) is 0 Å². The minimum absolute atomic E-state index is 0.211. The van der Waals surface area contributed by atoms with Crippen molar-refractivity contribution >= 4 is 17.5 Å². The molecule has 1 aliphatic rings. The summed E-state index contributed by atoms with van der Waals surface area (Å²) in [7, 11) is 1.97. The minimum atomic E-state index is -1.66. The number of hydrogen-bond acceptors (Lipinski definition) is 2. The van der Waals surface area contributed by atoms with Crippen LogP contribution in [0.5, 0.6) is 0 Å². The predicted octanol–water partition coefficient (Wildman–Crippen LogP) is 0.917. The second-order valence-electron chi connectivity index (χ2n) is 6.87. The van der Waals surface area contributed by atoms with Crippen LogP contribution in [-0.2, 0) is 16.6 Å². The first-order valence-corrected chi connectivity index (χ1v) is 9.02. The van der Waals surface area contributed by atoms with Gasteiger partial charge in [-0.3, -0.25) is 9.59 Å². The molecule has 2 heterocycles. The topological polar surface area (TPSA) is 67.6 Å². The first-order chi connectivity index (χ1) is 13.4. The molecule has 150 valence electrons. The highest BCUT2D eigenvalue weighted by atomic mass is 19.2. The molecule has 1 fully saturated rings. The SMILES string of the molecule is Cn1cccc1[C@@H]1CCC[NH+]1CC(=O)NCC(=O)Nc1ccc(F)c(F)c1F. The minimum Gasteiger partial charge on any atom is -0.350 e. The molecule has 1 aromatic carbocycles. The summed E-state index contributed by atoms with van der Waals surface area (Å²) in [5.41, 5.74) is 0.680. The molecule has 1 aromatic heterocycles. The van der Waals surface area contributed by atoms with E-state index in [0.29, 0.717) is 6.07 Å². The molecule has 9 heteroatoms. The van der Waals surface area contributed by atoms with Crippen molar-refractivity contribution in [3.63, 3.8) is 0 Å². The molecule has 28 heavy (non-hydrogen) atoms. The summed E-state index contributed by atoms with van der Waals surface area (Å²) in [5, 5.41) is 4.61. The molecule has 2 atom stereocenters. The number of nitrogens with one attached hydrogen (secondary N) is 3. The fourth-order valence-electron chi connectivity index (χ4n) is 3.58. The van der Waals surface area contributed by atoms with Crippen molar-refractivity contribution in [3.05, 3.63) is 53.6 Å². The van der Waals surface area contributed by atoms with E-state index in [0.717, 1.165) is 36.0 Å². The van der Waals surface area contributed by atoms with Gasteiger partial charge in [-0.15, -0.1) is 0 Å². The van der Waals surface area contributed by atoms with Gasteiger partial charge in [0.05, 0.1) is 24.5 Å². The van der Waals surface area contributed by atoms with Gasteiger partial charge in [0.1, 0.15) is 6.04 Å². The zero-order valence-electron chi connectivity index (χ0n) is 15.4. The Balaban J connectivity index is 1.51. The lowest BCUT2D eigenvalue weighted by molar-refractivity contribution is -0.911. The van der Waals surface area contributed by atoms with E-state index in [1.54, 1.807) is 0 Å². The van der Waals surface area contributed by atoms with Crippen LogP contribution >= 0.6 is 0 Å². The van der Waals surface area contributed by atoms with E-state index in [2.05, 4.69) is 10.6 Å². The molecule has 3 N–H and O–H groups in total. The smallest absolute Gasteiger partial charge is 0.275 e. The number of benzene rings is 1. The maximum Gasteiger partial charge on any atom is 0.275 e. The molecule has 0 aliphatic carbocycles. The number of halogens is 3. The Kier molecular flexibility index (Phi) is 6.03. The van der Waals surface area contributed by atoms with Crippen LogP contribution in [0.1, 0.15) is 24.6 Å². The normalized spacial score (nSPS) is 18.9. The molecule has 1 saturated heterocycles.